The Hall–Kier alpha value is -1.73. The zero-order valence-corrected chi connectivity index (χ0v) is 13.5. The van der Waals surface area contributed by atoms with Crippen molar-refractivity contribution in [2.75, 3.05) is 39.5 Å². The molecule has 0 aromatic carbocycles. The normalized spacial score (nSPS) is 11.2. The minimum absolute atomic E-state index is 0.0291. The van der Waals surface area contributed by atoms with Gasteiger partial charge in [-0.25, -0.2) is 9.97 Å². The van der Waals surface area contributed by atoms with Crippen molar-refractivity contribution in [2.24, 2.45) is 0 Å². The van der Waals surface area contributed by atoms with Crippen molar-refractivity contribution in [3.63, 3.8) is 0 Å². The molecule has 0 radical (unpaired) electrons. The van der Waals surface area contributed by atoms with Crippen LogP contribution in [0.1, 0.15) is 23.0 Å². The van der Waals surface area contributed by atoms with Gasteiger partial charge < -0.3 is 15.5 Å². The SMILES string of the molecule is CCN(CCCN(C)C)C(=O)c1sc2nccnc2c1N. The number of aromatic nitrogens is 2. The highest BCUT2D eigenvalue weighted by Crippen LogP contribution is 2.31. The highest BCUT2D eigenvalue weighted by Gasteiger charge is 2.22. The molecule has 2 heterocycles. The monoisotopic (exact) mass is 307 g/mol. The highest BCUT2D eigenvalue weighted by atomic mass is 32.1. The Labute approximate surface area is 128 Å². The largest absolute Gasteiger partial charge is 0.396 e. The van der Waals surface area contributed by atoms with Crippen molar-refractivity contribution in [3.05, 3.63) is 17.3 Å². The lowest BCUT2D eigenvalue weighted by Gasteiger charge is -2.21. The summed E-state index contributed by atoms with van der Waals surface area (Å²) in [5.41, 5.74) is 7.13. The molecule has 2 aromatic rings. The van der Waals surface area contributed by atoms with E-state index in [0.717, 1.165) is 19.5 Å². The predicted octanol–water partition coefficient (Wildman–Crippen LogP) is 1.69. The van der Waals surface area contributed by atoms with Gasteiger partial charge in [0.25, 0.3) is 5.91 Å². The standard InChI is InChI=1S/C14H21N5OS/c1-4-19(9-5-8-18(2)3)14(20)12-10(15)11-13(21-12)17-7-6-16-11/h6-7H,4-5,8-9,15H2,1-3H3. The van der Waals surface area contributed by atoms with Gasteiger partial charge in [-0.1, -0.05) is 0 Å². The van der Waals surface area contributed by atoms with Crippen molar-refractivity contribution < 1.29 is 4.79 Å². The van der Waals surface area contributed by atoms with Gasteiger partial charge in [0.1, 0.15) is 15.2 Å². The summed E-state index contributed by atoms with van der Waals surface area (Å²) in [5, 5.41) is 0. The number of hydrogen-bond donors (Lipinski definition) is 1. The zero-order chi connectivity index (χ0) is 15.4. The van der Waals surface area contributed by atoms with Crippen LogP contribution < -0.4 is 5.73 Å². The van der Waals surface area contributed by atoms with Gasteiger partial charge in [0.05, 0.1) is 5.69 Å². The molecule has 114 valence electrons. The maximum Gasteiger partial charge on any atom is 0.266 e. The van der Waals surface area contributed by atoms with E-state index in [1.807, 2.05) is 25.9 Å². The fraction of sp³-hybridized carbons (Fsp3) is 0.500. The summed E-state index contributed by atoms with van der Waals surface area (Å²) in [6, 6.07) is 0. The van der Waals surface area contributed by atoms with Crippen LogP contribution in [0.2, 0.25) is 0 Å². The molecule has 0 saturated heterocycles. The van der Waals surface area contributed by atoms with E-state index in [4.69, 9.17) is 5.73 Å². The fourth-order valence-electron chi connectivity index (χ4n) is 2.13. The third kappa shape index (κ3) is 3.48. The summed E-state index contributed by atoms with van der Waals surface area (Å²) in [7, 11) is 4.05. The topological polar surface area (TPSA) is 75.3 Å². The van der Waals surface area contributed by atoms with Crippen LogP contribution in [0.25, 0.3) is 10.3 Å². The third-order valence-electron chi connectivity index (χ3n) is 3.26. The van der Waals surface area contributed by atoms with E-state index in [0.29, 0.717) is 27.5 Å². The number of nitrogens with zero attached hydrogens (tertiary/aromatic N) is 4. The molecule has 1 amide bonds. The number of anilines is 1. The first-order valence-corrected chi connectivity index (χ1v) is 7.79. The quantitative estimate of drug-likeness (QED) is 0.879. The zero-order valence-electron chi connectivity index (χ0n) is 12.7. The van der Waals surface area contributed by atoms with Crippen LogP contribution in [0.3, 0.4) is 0 Å². The molecule has 21 heavy (non-hydrogen) atoms. The van der Waals surface area contributed by atoms with E-state index < -0.39 is 0 Å². The second kappa shape index (κ2) is 6.82. The van der Waals surface area contributed by atoms with Crippen molar-refractivity contribution in [3.8, 4) is 0 Å². The van der Waals surface area contributed by atoms with Crippen LogP contribution in [-0.4, -0.2) is 59.4 Å². The molecule has 0 spiro atoms. The summed E-state index contributed by atoms with van der Waals surface area (Å²) in [5.74, 6) is -0.0291. The van der Waals surface area contributed by atoms with Crippen LogP contribution in [0.15, 0.2) is 12.4 Å². The second-order valence-electron chi connectivity index (χ2n) is 5.10. The summed E-state index contributed by atoms with van der Waals surface area (Å²) in [6.45, 7) is 4.32. The van der Waals surface area contributed by atoms with Crippen molar-refractivity contribution in [1.82, 2.24) is 19.8 Å². The Morgan fingerprint density at radius 1 is 1.29 bits per heavy atom. The molecule has 2 rings (SSSR count). The Kier molecular flexibility index (Phi) is 5.08. The van der Waals surface area contributed by atoms with E-state index in [9.17, 15) is 4.79 Å². The van der Waals surface area contributed by atoms with Crippen LogP contribution in [0.4, 0.5) is 5.69 Å². The molecule has 0 aliphatic heterocycles. The molecule has 6 nitrogen and oxygen atoms in total. The van der Waals surface area contributed by atoms with Crippen molar-refractivity contribution in [1.29, 1.82) is 0 Å². The fourth-order valence-corrected chi connectivity index (χ4v) is 3.12. The smallest absolute Gasteiger partial charge is 0.266 e. The summed E-state index contributed by atoms with van der Waals surface area (Å²) in [4.78, 5) is 26.2. The molecular weight excluding hydrogens is 286 g/mol. The summed E-state index contributed by atoms with van der Waals surface area (Å²) < 4.78 is 0. The van der Waals surface area contributed by atoms with Gasteiger partial charge in [-0.15, -0.1) is 11.3 Å². The lowest BCUT2D eigenvalue weighted by atomic mass is 10.3. The Morgan fingerprint density at radius 2 is 2.00 bits per heavy atom. The van der Waals surface area contributed by atoms with Gasteiger partial charge >= 0.3 is 0 Å². The molecular formula is C14H21N5OS. The van der Waals surface area contributed by atoms with E-state index in [2.05, 4.69) is 14.9 Å². The molecule has 0 saturated carbocycles. The minimum atomic E-state index is -0.0291. The maximum absolute atomic E-state index is 12.6. The number of carbonyl (C=O) groups excluding carboxylic acids is 1. The number of nitrogen functional groups attached to an aromatic ring is 1. The molecule has 0 aliphatic rings. The van der Waals surface area contributed by atoms with Crippen LogP contribution in [0.5, 0.6) is 0 Å². The van der Waals surface area contributed by atoms with Crippen LogP contribution in [0, 0.1) is 0 Å². The Balaban J connectivity index is 2.17. The summed E-state index contributed by atoms with van der Waals surface area (Å²) in [6.07, 6.45) is 4.14. The number of carbonyl (C=O) groups is 1. The first-order chi connectivity index (χ1) is 10.0. The average molecular weight is 307 g/mol. The maximum atomic E-state index is 12.6. The third-order valence-corrected chi connectivity index (χ3v) is 4.35. The highest BCUT2D eigenvalue weighted by molar-refractivity contribution is 7.21. The lowest BCUT2D eigenvalue weighted by molar-refractivity contribution is 0.0765. The molecule has 0 aliphatic carbocycles. The van der Waals surface area contributed by atoms with E-state index in [1.54, 1.807) is 12.4 Å². The number of fused-ring (bicyclic) bond motifs is 1. The van der Waals surface area contributed by atoms with Gasteiger partial charge in [0, 0.05) is 25.5 Å². The van der Waals surface area contributed by atoms with Gasteiger partial charge in [0.15, 0.2) is 0 Å². The van der Waals surface area contributed by atoms with Crippen LogP contribution in [-0.2, 0) is 0 Å². The number of amides is 1. The molecule has 0 bridgehead atoms. The average Bonchev–Trinajstić information content (AvgIpc) is 2.80. The molecule has 2 aromatic heterocycles. The lowest BCUT2D eigenvalue weighted by Crippen LogP contribution is -2.33. The molecule has 7 heteroatoms. The molecule has 0 unspecified atom stereocenters. The van der Waals surface area contributed by atoms with E-state index in [-0.39, 0.29) is 5.91 Å². The number of nitrogens with two attached hydrogens (primary N) is 1. The Bertz CT molecular complexity index is 625. The number of rotatable bonds is 6. The first-order valence-electron chi connectivity index (χ1n) is 6.97. The minimum Gasteiger partial charge on any atom is -0.396 e. The summed E-state index contributed by atoms with van der Waals surface area (Å²) >= 11 is 1.32. The molecule has 0 atom stereocenters. The van der Waals surface area contributed by atoms with Gasteiger partial charge in [-0.05, 0) is 34.0 Å². The van der Waals surface area contributed by atoms with Gasteiger partial charge in [-0.2, -0.15) is 0 Å². The first kappa shape index (κ1) is 15.7. The van der Waals surface area contributed by atoms with Gasteiger partial charge in [-0.3, -0.25) is 4.79 Å². The Morgan fingerprint density at radius 3 is 2.62 bits per heavy atom. The number of thiophene rings is 1. The molecule has 2 N–H and O–H groups in total. The van der Waals surface area contributed by atoms with Crippen molar-refractivity contribution >= 4 is 33.3 Å². The van der Waals surface area contributed by atoms with E-state index >= 15 is 0 Å². The van der Waals surface area contributed by atoms with Crippen molar-refractivity contribution in [2.45, 2.75) is 13.3 Å². The molecule has 0 fully saturated rings. The van der Waals surface area contributed by atoms with E-state index in [1.165, 1.54) is 11.3 Å². The van der Waals surface area contributed by atoms with Gasteiger partial charge in [0.2, 0.25) is 0 Å². The number of hydrogen-bond acceptors (Lipinski definition) is 6. The predicted molar refractivity (Wildman–Crippen MR) is 86.6 cm³/mol. The van der Waals surface area contributed by atoms with Crippen LogP contribution >= 0.6 is 11.3 Å². The second-order valence-corrected chi connectivity index (χ2v) is 6.10.